The summed E-state index contributed by atoms with van der Waals surface area (Å²) in [5.41, 5.74) is 0. The lowest BCUT2D eigenvalue weighted by Gasteiger charge is -2.23. The highest BCUT2D eigenvalue weighted by atomic mass is 32.2. The molecule has 0 bridgehead atoms. The molecule has 2 N–H and O–H groups in total. The van der Waals surface area contributed by atoms with Crippen molar-refractivity contribution in [3.63, 3.8) is 0 Å². The molecule has 1 aliphatic heterocycles. The molecular weight excluding hydrogens is 236 g/mol. The minimum absolute atomic E-state index is 0.0302. The molecule has 0 aromatic heterocycles. The normalized spacial score (nSPS) is 18.7. The molecule has 2 amide bonds. The molecule has 0 unspecified atom stereocenters. The van der Waals surface area contributed by atoms with Gasteiger partial charge in [0.05, 0.1) is 0 Å². The number of nitrogens with one attached hydrogen (secondary N) is 2. The van der Waals surface area contributed by atoms with Gasteiger partial charge in [0.15, 0.2) is 0 Å². The van der Waals surface area contributed by atoms with E-state index in [9.17, 15) is 4.79 Å². The van der Waals surface area contributed by atoms with Crippen LogP contribution in [0.15, 0.2) is 0 Å². The maximum Gasteiger partial charge on any atom is 0.315 e. The van der Waals surface area contributed by atoms with Gasteiger partial charge in [-0.2, -0.15) is 11.8 Å². The molecule has 0 saturated carbocycles. The third kappa shape index (κ3) is 6.17. The van der Waals surface area contributed by atoms with Gasteiger partial charge < -0.3 is 15.4 Å². The van der Waals surface area contributed by atoms with Crippen molar-refractivity contribution in [1.29, 1.82) is 0 Å². The number of amides is 2. The molecule has 1 heterocycles. The molecule has 100 valence electrons. The molecular formula is C12H24N2O2S. The van der Waals surface area contributed by atoms with Crippen LogP contribution in [-0.4, -0.2) is 43.8 Å². The molecule has 1 saturated heterocycles. The van der Waals surface area contributed by atoms with Crippen LogP contribution in [0.25, 0.3) is 0 Å². The molecule has 5 heteroatoms. The fourth-order valence-corrected chi connectivity index (χ4v) is 2.61. The smallest absolute Gasteiger partial charge is 0.315 e. The van der Waals surface area contributed by atoms with Gasteiger partial charge in [0.25, 0.3) is 0 Å². The highest BCUT2D eigenvalue weighted by molar-refractivity contribution is 7.98. The Hall–Kier alpha value is -0.420. The Kier molecular flexibility index (Phi) is 7.44. The van der Waals surface area contributed by atoms with E-state index in [0.717, 1.165) is 44.8 Å². The van der Waals surface area contributed by atoms with Crippen LogP contribution in [0.2, 0.25) is 0 Å². The van der Waals surface area contributed by atoms with Gasteiger partial charge in [-0.3, -0.25) is 0 Å². The predicted octanol–water partition coefficient (Wildman–Crippen LogP) is 1.85. The average Bonchev–Trinajstić information content (AvgIpc) is 2.37. The topological polar surface area (TPSA) is 50.4 Å². The number of rotatable bonds is 6. The Morgan fingerprint density at radius 2 is 2.18 bits per heavy atom. The Balaban J connectivity index is 2.14. The number of carbonyl (C=O) groups excluding carboxylic acids is 1. The third-order valence-corrected chi connectivity index (χ3v) is 3.82. The van der Waals surface area contributed by atoms with E-state index in [1.54, 1.807) is 11.8 Å². The zero-order chi connectivity index (χ0) is 12.5. The van der Waals surface area contributed by atoms with E-state index in [1.807, 2.05) is 0 Å². The molecule has 0 aromatic rings. The fraction of sp³-hybridized carbons (Fsp3) is 0.917. The zero-order valence-corrected chi connectivity index (χ0v) is 11.6. The Bertz CT molecular complexity index is 221. The van der Waals surface area contributed by atoms with Crippen molar-refractivity contribution < 1.29 is 9.53 Å². The van der Waals surface area contributed by atoms with Crippen molar-refractivity contribution in [2.24, 2.45) is 5.92 Å². The molecule has 1 aliphatic rings. The molecule has 1 fully saturated rings. The van der Waals surface area contributed by atoms with Gasteiger partial charge in [-0.15, -0.1) is 0 Å². The molecule has 0 radical (unpaired) electrons. The monoisotopic (exact) mass is 260 g/mol. The van der Waals surface area contributed by atoms with Crippen molar-refractivity contribution in [1.82, 2.24) is 10.6 Å². The highest BCUT2D eigenvalue weighted by Gasteiger charge is 2.15. The summed E-state index contributed by atoms with van der Waals surface area (Å²) in [5, 5.41) is 5.97. The lowest BCUT2D eigenvalue weighted by atomic mass is 10.0. The summed E-state index contributed by atoms with van der Waals surface area (Å²) in [6, 6.07) is 0.247. The average molecular weight is 260 g/mol. The van der Waals surface area contributed by atoms with E-state index >= 15 is 0 Å². The molecule has 4 nitrogen and oxygen atoms in total. The van der Waals surface area contributed by atoms with Crippen molar-refractivity contribution in [3.8, 4) is 0 Å². The number of ether oxygens (including phenoxy) is 1. The molecule has 17 heavy (non-hydrogen) atoms. The summed E-state index contributed by atoms with van der Waals surface area (Å²) in [5.74, 6) is 1.55. The summed E-state index contributed by atoms with van der Waals surface area (Å²) in [4.78, 5) is 11.7. The van der Waals surface area contributed by atoms with Crippen molar-refractivity contribution in [2.75, 3.05) is 31.8 Å². The van der Waals surface area contributed by atoms with E-state index < -0.39 is 0 Å². The van der Waals surface area contributed by atoms with Gasteiger partial charge in [-0.25, -0.2) is 4.79 Å². The maximum atomic E-state index is 11.7. The van der Waals surface area contributed by atoms with Gasteiger partial charge in [0.2, 0.25) is 0 Å². The second-order valence-electron chi connectivity index (χ2n) is 4.47. The largest absolute Gasteiger partial charge is 0.381 e. The Labute approximate surface area is 108 Å². The van der Waals surface area contributed by atoms with Crippen LogP contribution in [0, 0.1) is 5.92 Å². The van der Waals surface area contributed by atoms with Crippen LogP contribution in [0.5, 0.6) is 0 Å². The first-order valence-corrected chi connectivity index (χ1v) is 7.76. The molecule has 0 spiro atoms. The van der Waals surface area contributed by atoms with E-state index in [2.05, 4.69) is 23.8 Å². The standard InChI is InChI=1S/C12H24N2O2S/c1-3-11(9-17-2)14-12(15)13-8-10-4-6-16-7-5-10/h10-11H,3-9H2,1-2H3,(H2,13,14,15)/t11-/m0/s1. The second kappa shape index (κ2) is 8.64. The van der Waals surface area contributed by atoms with Crippen molar-refractivity contribution in [3.05, 3.63) is 0 Å². The first-order chi connectivity index (χ1) is 8.26. The van der Waals surface area contributed by atoms with Crippen LogP contribution < -0.4 is 10.6 Å². The maximum absolute atomic E-state index is 11.7. The van der Waals surface area contributed by atoms with Crippen LogP contribution in [-0.2, 0) is 4.74 Å². The van der Waals surface area contributed by atoms with E-state index in [0.29, 0.717) is 5.92 Å². The summed E-state index contributed by atoms with van der Waals surface area (Å²) >= 11 is 1.76. The zero-order valence-electron chi connectivity index (χ0n) is 10.8. The highest BCUT2D eigenvalue weighted by Crippen LogP contribution is 2.13. The number of hydrogen-bond acceptors (Lipinski definition) is 3. The lowest BCUT2D eigenvalue weighted by molar-refractivity contribution is 0.0669. The van der Waals surface area contributed by atoms with E-state index in [1.165, 1.54) is 0 Å². The van der Waals surface area contributed by atoms with Crippen molar-refractivity contribution in [2.45, 2.75) is 32.2 Å². The van der Waals surface area contributed by atoms with Gasteiger partial charge in [0, 0.05) is 31.6 Å². The predicted molar refractivity (Wildman–Crippen MR) is 72.5 cm³/mol. The summed E-state index contributed by atoms with van der Waals surface area (Å²) < 4.78 is 5.29. The van der Waals surface area contributed by atoms with Crippen LogP contribution >= 0.6 is 11.8 Å². The molecule has 0 aliphatic carbocycles. The van der Waals surface area contributed by atoms with Gasteiger partial charge in [-0.1, -0.05) is 6.92 Å². The third-order valence-electron chi connectivity index (χ3n) is 3.09. The van der Waals surface area contributed by atoms with E-state index in [4.69, 9.17) is 4.74 Å². The Morgan fingerprint density at radius 3 is 2.76 bits per heavy atom. The fourth-order valence-electron chi connectivity index (χ4n) is 1.89. The molecule has 0 aromatic carbocycles. The van der Waals surface area contributed by atoms with Crippen LogP contribution in [0.3, 0.4) is 0 Å². The summed E-state index contributed by atoms with van der Waals surface area (Å²) in [6.07, 6.45) is 5.15. The van der Waals surface area contributed by atoms with Gasteiger partial charge in [0.1, 0.15) is 0 Å². The first kappa shape index (κ1) is 14.6. The number of carbonyl (C=O) groups is 1. The molecule has 1 rings (SSSR count). The van der Waals surface area contributed by atoms with Crippen LogP contribution in [0.4, 0.5) is 4.79 Å². The lowest BCUT2D eigenvalue weighted by Crippen LogP contribution is -2.44. The number of hydrogen-bond donors (Lipinski definition) is 2. The minimum Gasteiger partial charge on any atom is -0.381 e. The quantitative estimate of drug-likeness (QED) is 0.766. The molecule has 1 atom stereocenters. The summed E-state index contributed by atoms with van der Waals surface area (Å²) in [7, 11) is 0. The van der Waals surface area contributed by atoms with Gasteiger partial charge >= 0.3 is 6.03 Å². The Morgan fingerprint density at radius 1 is 1.47 bits per heavy atom. The second-order valence-corrected chi connectivity index (χ2v) is 5.38. The van der Waals surface area contributed by atoms with Crippen LogP contribution in [0.1, 0.15) is 26.2 Å². The number of urea groups is 1. The van der Waals surface area contributed by atoms with Crippen molar-refractivity contribution >= 4 is 17.8 Å². The number of thioether (sulfide) groups is 1. The van der Waals surface area contributed by atoms with E-state index in [-0.39, 0.29) is 12.1 Å². The van der Waals surface area contributed by atoms with Gasteiger partial charge in [-0.05, 0) is 31.4 Å². The minimum atomic E-state index is -0.0302. The summed E-state index contributed by atoms with van der Waals surface area (Å²) in [6.45, 7) is 4.53. The first-order valence-electron chi connectivity index (χ1n) is 6.37. The SMILES string of the molecule is CC[C@@H](CSC)NC(=O)NCC1CCOCC1.